The second-order valence-electron chi connectivity index (χ2n) is 8.47. The fourth-order valence-electron chi connectivity index (χ4n) is 4.04. The number of ether oxygens (including phenoxy) is 1. The minimum absolute atomic E-state index is 0.0323. The summed E-state index contributed by atoms with van der Waals surface area (Å²) in [5, 5.41) is -0.0347. The van der Waals surface area contributed by atoms with Crippen LogP contribution < -0.4 is 0 Å². The number of halogens is 2. The predicted molar refractivity (Wildman–Crippen MR) is 134 cm³/mol. The summed E-state index contributed by atoms with van der Waals surface area (Å²) in [6.07, 6.45) is 1.63. The Labute approximate surface area is 213 Å². The number of methoxy groups -OCH3 is 1. The first-order chi connectivity index (χ1) is 16.1. The van der Waals surface area contributed by atoms with Crippen LogP contribution in [0.1, 0.15) is 38.7 Å². The van der Waals surface area contributed by atoms with Crippen molar-refractivity contribution in [1.29, 1.82) is 0 Å². The second kappa shape index (κ2) is 13.6. The minimum Gasteiger partial charge on any atom is -0.383 e. The van der Waals surface area contributed by atoms with E-state index in [1.165, 1.54) is 11.4 Å². The Hall–Kier alpha value is -1.39. The maximum Gasteiger partial charge on any atom is 0.240 e. The third-order valence-corrected chi connectivity index (χ3v) is 8.28. The van der Waals surface area contributed by atoms with E-state index in [9.17, 15) is 18.0 Å². The first-order valence-electron chi connectivity index (χ1n) is 11.5. The lowest BCUT2D eigenvalue weighted by atomic mass is 10.0. The number of amides is 2. The summed E-state index contributed by atoms with van der Waals surface area (Å²) in [5.74, 6) is -0.439. The molecule has 0 saturated carbocycles. The average molecular weight is 537 g/mol. The molecule has 1 aliphatic rings. The smallest absolute Gasteiger partial charge is 0.240 e. The fraction of sp³-hybridized carbons (Fsp3) is 0.652. The molecule has 1 aromatic rings. The molecule has 0 N–H and O–H groups in total. The van der Waals surface area contributed by atoms with Crippen molar-refractivity contribution in [3.8, 4) is 0 Å². The number of benzene rings is 1. The minimum atomic E-state index is -3.60. The molecule has 0 bridgehead atoms. The molecule has 1 atom stereocenters. The molecule has 1 saturated heterocycles. The number of rotatable bonds is 12. The zero-order chi connectivity index (χ0) is 25.3. The van der Waals surface area contributed by atoms with Crippen molar-refractivity contribution in [3.05, 3.63) is 34.9 Å². The van der Waals surface area contributed by atoms with Crippen LogP contribution in [0, 0.1) is 0 Å². The maximum absolute atomic E-state index is 13.5. The molecule has 0 aromatic heterocycles. The molecule has 1 unspecified atom stereocenters. The van der Waals surface area contributed by atoms with Crippen LogP contribution in [0.2, 0.25) is 5.02 Å². The summed E-state index contributed by atoms with van der Waals surface area (Å²) in [7, 11) is -2.10. The third kappa shape index (κ3) is 8.37. The van der Waals surface area contributed by atoms with E-state index in [-0.39, 0.29) is 43.3 Å². The van der Waals surface area contributed by atoms with E-state index in [1.54, 1.807) is 35.8 Å². The summed E-state index contributed by atoms with van der Waals surface area (Å²) >= 11 is 12.1. The number of sulfonamides is 1. The molecule has 34 heavy (non-hydrogen) atoms. The van der Waals surface area contributed by atoms with Crippen molar-refractivity contribution in [2.45, 2.75) is 51.1 Å². The van der Waals surface area contributed by atoms with E-state index < -0.39 is 15.4 Å². The lowest BCUT2D eigenvalue weighted by Crippen LogP contribution is -2.52. The van der Waals surface area contributed by atoms with Gasteiger partial charge >= 0.3 is 0 Å². The Bertz CT molecular complexity index is 921. The SMILES string of the molecule is CCCS(=O)(=O)N(CCOC)CC(=O)N(Cc1cccc(Cl)c1)C1CCN(C(=O)C(C)Cl)CC1. The number of nitrogens with zero attached hydrogens (tertiary/aromatic N) is 3. The van der Waals surface area contributed by atoms with Crippen molar-refractivity contribution in [1.82, 2.24) is 14.1 Å². The van der Waals surface area contributed by atoms with Crippen molar-refractivity contribution < 1.29 is 22.7 Å². The van der Waals surface area contributed by atoms with Gasteiger partial charge in [0.15, 0.2) is 0 Å². The van der Waals surface area contributed by atoms with Crippen LogP contribution in [0.3, 0.4) is 0 Å². The Morgan fingerprint density at radius 3 is 2.50 bits per heavy atom. The highest BCUT2D eigenvalue weighted by atomic mass is 35.5. The van der Waals surface area contributed by atoms with Gasteiger partial charge in [-0.25, -0.2) is 8.42 Å². The van der Waals surface area contributed by atoms with Crippen LogP contribution in [0.25, 0.3) is 0 Å². The Balaban J connectivity index is 2.24. The van der Waals surface area contributed by atoms with Gasteiger partial charge in [0.25, 0.3) is 0 Å². The predicted octanol–water partition coefficient (Wildman–Crippen LogP) is 2.98. The van der Waals surface area contributed by atoms with E-state index >= 15 is 0 Å². The number of alkyl halides is 1. The second-order valence-corrected chi connectivity index (χ2v) is 11.6. The summed E-state index contributed by atoms with van der Waals surface area (Å²) in [4.78, 5) is 29.2. The van der Waals surface area contributed by atoms with Crippen molar-refractivity contribution in [2.24, 2.45) is 0 Å². The highest BCUT2D eigenvalue weighted by molar-refractivity contribution is 7.89. The van der Waals surface area contributed by atoms with Crippen molar-refractivity contribution >= 4 is 45.0 Å². The van der Waals surface area contributed by atoms with Gasteiger partial charge < -0.3 is 14.5 Å². The zero-order valence-electron chi connectivity index (χ0n) is 20.1. The number of hydrogen-bond donors (Lipinski definition) is 0. The number of likely N-dealkylation sites (tertiary alicyclic amines) is 1. The van der Waals surface area contributed by atoms with Crippen LogP contribution in [0.4, 0.5) is 0 Å². The van der Waals surface area contributed by atoms with E-state index in [1.807, 2.05) is 12.1 Å². The first-order valence-corrected chi connectivity index (χ1v) is 13.9. The van der Waals surface area contributed by atoms with Gasteiger partial charge in [-0.15, -0.1) is 11.6 Å². The first kappa shape index (κ1) is 28.8. The largest absolute Gasteiger partial charge is 0.383 e. The van der Waals surface area contributed by atoms with Gasteiger partial charge in [-0.2, -0.15) is 4.31 Å². The highest BCUT2D eigenvalue weighted by Crippen LogP contribution is 2.22. The third-order valence-electron chi connectivity index (χ3n) is 5.83. The molecule has 1 aromatic carbocycles. The number of hydrogen-bond acceptors (Lipinski definition) is 5. The van der Waals surface area contributed by atoms with Gasteiger partial charge in [-0.05, 0) is 43.9 Å². The topological polar surface area (TPSA) is 87.2 Å². The molecule has 1 heterocycles. The number of carbonyl (C=O) groups is 2. The summed E-state index contributed by atoms with van der Waals surface area (Å²) < 4.78 is 31.8. The molecular weight excluding hydrogens is 501 g/mol. The Morgan fingerprint density at radius 2 is 1.94 bits per heavy atom. The van der Waals surface area contributed by atoms with E-state index in [2.05, 4.69) is 0 Å². The van der Waals surface area contributed by atoms with Gasteiger partial charge in [-0.3, -0.25) is 9.59 Å². The van der Waals surface area contributed by atoms with Crippen molar-refractivity contribution in [2.75, 3.05) is 45.6 Å². The van der Waals surface area contributed by atoms with E-state index in [4.69, 9.17) is 27.9 Å². The maximum atomic E-state index is 13.5. The zero-order valence-corrected chi connectivity index (χ0v) is 22.4. The average Bonchev–Trinajstić information content (AvgIpc) is 2.79. The molecule has 2 rings (SSSR count). The molecule has 192 valence electrons. The lowest BCUT2D eigenvalue weighted by Gasteiger charge is -2.39. The van der Waals surface area contributed by atoms with E-state index in [0.717, 1.165) is 5.56 Å². The number of carbonyl (C=O) groups excluding carboxylic acids is 2. The number of piperidine rings is 1. The van der Waals surface area contributed by atoms with Crippen LogP contribution >= 0.6 is 23.2 Å². The van der Waals surface area contributed by atoms with Crippen molar-refractivity contribution in [3.63, 3.8) is 0 Å². The Kier molecular flexibility index (Phi) is 11.6. The standard InChI is InChI=1S/C23H35Cl2N3O5S/c1-4-14-34(31,32)27(12-13-33-3)17-22(29)28(16-19-6-5-7-20(25)15-19)21-8-10-26(11-9-21)23(30)18(2)24/h5-7,15,18,21H,4,8-14,16-17H2,1-3H3. The molecule has 2 amide bonds. The van der Waals surface area contributed by atoms with Crippen LogP contribution in [-0.2, 0) is 30.9 Å². The molecular formula is C23H35Cl2N3O5S. The summed E-state index contributed by atoms with van der Waals surface area (Å²) in [6, 6.07) is 7.13. The monoisotopic (exact) mass is 535 g/mol. The molecule has 8 nitrogen and oxygen atoms in total. The molecule has 0 aliphatic carbocycles. The fourth-order valence-corrected chi connectivity index (χ4v) is 5.83. The molecule has 11 heteroatoms. The molecule has 0 spiro atoms. The van der Waals surface area contributed by atoms with Gasteiger partial charge in [0.1, 0.15) is 5.38 Å². The van der Waals surface area contributed by atoms with Crippen LogP contribution in [-0.4, -0.2) is 91.4 Å². The normalized spacial score (nSPS) is 16.0. The van der Waals surface area contributed by atoms with Crippen LogP contribution in [0.15, 0.2) is 24.3 Å². The highest BCUT2D eigenvalue weighted by Gasteiger charge is 2.33. The Morgan fingerprint density at radius 1 is 1.26 bits per heavy atom. The van der Waals surface area contributed by atoms with Gasteiger partial charge in [0.05, 0.1) is 18.9 Å². The quantitative estimate of drug-likeness (QED) is 0.384. The van der Waals surface area contributed by atoms with E-state index in [0.29, 0.717) is 43.9 Å². The van der Waals surface area contributed by atoms with Gasteiger partial charge in [-0.1, -0.05) is 30.7 Å². The molecule has 1 fully saturated rings. The molecule has 1 aliphatic heterocycles. The van der Waals surface area contributed by atoms with Crippen LogP contribution in [0.5, 0.6) is 0 Å². The lowest BCUT2D eigenvalue weighted by molar-refractivity contribution is -0.137. The summed E-state index contributed by atoms with van der Waals surface area (Å²) in [5.41, 5.74) is 0.855. The molecule has 0 radical (unpaired) electrons. The summed E-state index contributed by atoms with van der Waals surface area (Å²) in [6.45, 7) is 4.76. The van der Waals surface area contributed by atoms with Gasteiger partial charge in [0, 0.05) is 44.4 Å². The van der Waals surface area contributed by atoms with Gasteiger partial charge in [0.2, 0.25) is 21.8 Å².